The quantitative estimate of drug-likeness (QED) is 0.888. The Bertz CT molecular complexity index is 394. The van der Waals surface area contributed by atoms with Gasteiger partial charge in [0.05, 0.1) is 0 Å². The fourth-order valence-corrected chi connectivity index (χ4v) is 3.43. The lowest BCUT2D eigenvalue weighted by molar-refractivity contribution is 0.298. The van der Waals surface area contributed by atoms with E-state index in [-0.39, 0.29) is 0 Å². The Balaban J connectivity index is 1.57. The molecule has 2 heterocycles. The van der Waals surface area contributed by atoms with E-state index in [1.165, 1.54) is 37.9 Å². The number of hydrogen-bond acceptors (Lipinski definition) is 2. The van der Waals surface area contributed by atoms with E-state index < -0.39 is 0 Å². The maximum Gasteiger partial charge on any atom is 0.0409 e. The van der Waals surface area contributed by atoms with Gasteiger partial charge >= 0.3 is 0 Å². The predicted molar refractivity (Wildman–Crippen MR) is 71.3 cm³/mol. The fourth-order valence-electron chi connectivity index (χ4n) is 3.22. The third kappa shape index (κ3) is 2.49. The van der Waals surface area contributed by atoms with Gasteiger partial charge in [-0.15, -0.1) is 0 Å². The van der Waals surface area contributed by atoms with Gasteiger partial charge in [-0.3, -0.25) is 4.90 Å². The maximum atomic E-state index is 5.99. The first-order chi connectivity index (χ1) is 8.33. The summed E-state index contributed by atoms with van der Waals surface area (Å²) in [5.74, 6) is 0. The molecule has 0 aliphatic carbocycles. The van der Waals surface area contributed by atoms with Gasteiger partial charge in [-0.05, 0) is 43.5 Å². The molecule has 0 radical (unpaired) electrons. The van der Waals surface area contributed by atoms with Crippen molar-refractivity contribution in [2.75, 3.05) is 13.1 Å². The van der Waals surface area contributed by atoms with Crippen molar-refractivity contribution in [2.45, 2.75) is 37.9 Å². The highest BCUT2D eigenvalue weighted by Gasteiger charge is 2.36. The van der Waals surface area contributed by atoms with E-state index in [1.54, 1.807) is 0 Å². The molecular weight excluding hydrogens is 232 g/mol. The second-order valence-electron chi connectivity index (χ2n) is 5.15. The Morgan fingerprint density at radius 3 is 3.12 bits per heavy atom. The van der Waals surface area contributed by atoms with Crippen LogP contribution in [0, 0.1) is 0 Å². The summed E-state index contributed by atoms with van der Waals surface area (Å²) in [6, 6.07) is 9.61. The monoisotopic (exact) mass is 250 g/mol. The van der Waals surface area contributed by atoms with Gasteiger partial charge in [-0.1, -0.05) is 23.7 Å². The Kier molecular flexibility index (Phi) is 3.37. The van der Waals surface area contributed by atoms with E-state index in [1.807, 2.05) is 12.1 Å². The number of nitrogens with zero attached hydrogens (tertiary/aromatic N) is 1. The molecule has 0 bridgehead atoms. The van der Waals surface area contributed by atoms with Crippen LogP contribution < -0.4 is 5.32 Å². The molecular formula is C14H19ClN2. The van der Waals surface area contributed by atoms with E-state index in [0.717, 1.165) is 17.6 Å². The lowest BCUT2D eigenvalue weighted by atomic mass is 10.1. The van der Waals surface area contributed by atoms with Crippen molar-refractivity contribution in [3.8, 4) is 0 Å². The van der Waals surface area contributed by atoms with Crippen molar-refractivity contribution in [2.24, 2.45) is 0 Å². The van der Waals surface area contributed by atoms with Gasteiger partial charge in [-0.2, -0.15) is 0 Å². The highest BCUT2D eigenvalue weighted by atomic mass is 35.5. The molecule has 2 unspecified atom stereocenters. The van der Waals surface area contributed by atoms with Gasteiger partial charge in [0.2, 0.25) is 0 Å². The topological polar surface area (TPSA) is 15.3 Å². The second kappa shape index (κ2) is 4.97. The maximum absolute atomic E-state index is 5.99. The summed E-state index contributed by atoms with van der Waals surface area (Å²) >= 11 is 5.99. The molecule has 1 N–H and O–H groups in total. The zero-order valence-electron chi connectivity index (χ0n) is 10.0. The van der Waals surface area contributed by atoms with Gasteiger partial charge in [0.15, 0.2) is 0 Å². The first-order valence-electron chi connectivity index (χ1n) is 6.55. The first-order valence-corrected chi connectivity index (χ1v) is 6.92. The van der Waals surface area contributed by atoms with E-state index in [4.69, 9.17) is 11.6 Å². The summed E-state index contributed by atoms with van der Waals surface area (Å²) < 4.78 is 0. The zero-order valence-corrected chi connectivity index (χ0v) is 10.8. The standard InChI is InChI=1S/C14H19ClN2/c15-12-4-1-3-11(9-12)10-16-13-6-8-17-7-2-5-14(13)17/h1,3-4,9,13-14,16H,2,5-8,10H2. The predicted octanol–water partition coefficient (Wildman–Crippen LogP) is 2.67. The van der Waals surface area contributed by atoms with E-state index >= 15 is 0 Å². The van der Waals surface area contributed by atoms with Crippen molar-refractivity contribution >= 4 is 11.6 Å². The summed E-state index contributed by atoms with van der Waals surface area (Å²) in [6.07, 6.45) is 4.04. The van der Waals surface area contributed by atoms with Crippen LogP contribution in [-0.2, 0) is 6.54 Å². The number of halogens is 1. The zero-order chi connectivity index (χ0) is 11.7. The molecule has 0 amide bonds. The molecule has 1 aromatic carbocycles. The average Bonchev–Trinajstić information content (AvgIpc) is 2.89. The van der Waals surface area contributed by atoms with Crippen LogP contribution in [0.5, 0.6) is 0 Å². The summed E-state index contributed by atoms with van der Waals surface area (Å²) in [5, 5.41) is 4.53. The van der Waals surface area contributed by atoms with Crippen LogP contribution in [0.3, 0.4) is 0 Å². The lowest BCUT2D eigenvalue weighted by Crippen LogP contribution is -2.38. The summed E-state index contributed by atoms with van der Waals surface area (Å²) in [7, 11) is 0. The van der Waals surface area contributed by atoms with Crippen LogP contribution >= 0.6 is 11.6 Å². The Hall–Kier alpha value is -0.570. The van der Waals surface area contributed by atoms with Crippen LogP contribution in [0.4, 0.5) is 0 Å². The number of nitrogens with one attached hydrogen (secondary N) is 1. The number of rotatable bonds is 3. The minimum absolute atomic E-state index is 0.677. The number of fused-ring (bicyclic) bond motifs is 1. The first kappa shape index (κ1) is 11.5. The molecule has 2 aliphatic heterocycles. The highest BCUT2D eigenvalue weighted by molar-refractivity contribution is 6.30. The summed E-state index contributed by atoms with van der Waals surface area (Å²) in [4.78, 5) is 2.63. The van der Waals surface area contributed by atoms with Crippen molar-refractivity contribution in [3.63, 3.8) is 0 Å². The van der Waals surface area contributed by atoms with Crippen LogP contribution in [0.15, 0.2) is 24.3 Å². The van der Waals surface area contributed by atoms with Gasteiger partial charge in [-0.25, -0.2) is 0 Å². The molecule has 3 rings (SSSR count). The Morgan fingerprint density at radius 1 is 1.29 bits per heavy atom. The molecule has 17 heavy (non-hydrogen) atoms. The smallest absolute Gasteiger partial charge is 0.0409 e. The molecule has 2 aliphatic rings. The molecule has 2 fully saturated rings. The van der Waals surface area contributed by atoms with Crippen molar-refractivity contribution < 1.29 is 0 Å². The van der Waals surface area contributed by atoms with Crippen LogP contribution in [-0.4, -0.2) is 30.1 Å². The third-order valence-corrected chi connectivity index (χ3v) is 4.30. The number of benzene rings is 1. The van der Waals surface area contributed by atoms with Crippen molar-refractivity contribution in [1.29, 1.82) is 0 Å². The molecule has 3 heteroatoms. The molecule has 2 atom stereocenters. The molecule has 0 saturated carbocycles. The fraction of sp³-hybridized carbons (Fsp3) is 0.571. The molecule has 2 saturated heterocycles. The largest absolute Gasteiger partial charge is 0.308 e. The molecule has 2 nitrogen and oxygen atoms in total. The minimum atomic E-state index is 0.677. The summed E-state index contributed by atoms with van der Waals surface area (Å²) in [5.41, 5.74) is 1.29. The lowest BCUT2D eigenvalue weighted by Gasteiger charge is -2.21. The van der Waals surface area contributed by atoms with Gasteiger partial charge in [0.25, 0.3) is 0 Å². The molecule has 0 aromatic heterocycles. The van der Waals surface area contributed by atoms with Gasteiger partial charge < -0.3 is 5.32 Å². The molecule has 0 spiro atoms. The SMILES string of the molecule is Clc1cccc(CNC2CCN3CCCC23)c1. The Morgan fingerprint density at radius 2 is 2.24 bits per heavy atom. The van der Waals surface area contributed by atoms with Gasteiger partial charge in [0.1, 0.15) is 0 Å². The van der Waals surface area contributed by atoms with Crippen molar-refractivity contribution in [3.05, 3.63) is 34.9 Å². The normalized spacial score (nSPS) is 28.5. The third-order valence-electron chi connectivity index (χ3n) is 4.06. The Labute approximate surface area is 108 Å². The molecule has 92 valence electrons. The van der Waals surface area contributed by atoms with Gasteiger partial charge in [0, 0.05) is 30.2 Å². The van der Waals surface area contributed by atoms with E-state index in [0.29, 0.717) is 6.04 Å². The minimum Gasteiger partial charge on any atom is -0.308 e. The second-order valence-corrected chi connectivity index (χ2v) is 5.59. The van der Waals surface area contributed by atoms with Crippen molar-refractivity contribution in [1.82, 2.24) is 10.2 Å². The average molecular weight is 251 g/mol. The number of hydrogen-bond donors (Lipinski definition) is 1. The molecule has 1 aromatic rings. The summed E-state index contributed by atoms with van der Waals surface area (Å²) in [6.45, 7) is 3.52. The van der Waals surface area contributed by atoms with Crippen LogP contribution in [0.1, 0.15) is 24.8 Å². The van der Waals surface area contributed by atoms with E-state index in [9.17, 15) is 0 Å². The van der Waals surface area contributed by atoms with Crippen LogP contribution in [0.25, 0.3) is 0 Å². The van der Waals surface area contributed by atoms with E-state index in [2.05, 4.69) is 22.3 Å². The highest BCUT2D eigenvalue weighted by Crippen LogP contribution is 2.28. The van der Waals surface area contributed by atoms with Crippen LogP contribution in [0.2, 0.25) is 5.02 Å².